The lowest BCUT2D eigenvalue weighted by Gasteiger charge is -2.57. The normalized spacial score (nSPS) is 39.3. The number of rotatable bonds is 3. The third kappa shape index (κ3) is 3.66. The van der Waals surface area contributed by atoms with E-state index in [9.17, 15) is 21.6 Å². The maximum Gasteiger partial charge on any atom is 0.534 e. The molecule has 40 heavy (non-hydrogen) atoms. The number of hydrogen-bond acceptors (Lipinski definition) is 7. The Morgan fingerprint density at radius 2 is 1.65 bits per heavy atom. The molecule has 11 heteroatoms. The van der Waals surface area contributed by atoms with Crippen molar-refractivity contribution in [3.63, 3.8) is 0 Å². The molecule has 0 spiro atoms. The van der Waals surface area contributed by atoms with E-state index in [0.717, 1.165) is 36.8 Å². The summed E-state index contributed by atoms with van der Waals surface area (Å²) >= 11 is 0. The molecule has 0 radical (unpaired) electrons. The Bertz CT molecular complexity index is 1350. The highest BCUT2D eigenvalue weighted by Gasteiger charge is 2.78. The van der Waals surface area contributed by atoms with Gasteiger partial charge in [-0.25, -0.2) is 0 Å². The van der Waals surface area contributed by atoms with E-state index in [1.54, 1.807) is 12.1 Å². The molecule has 4 atom stereocenters. The molecule has 2 saturated carbocycles. The molecule has 2 heterocycles. The molecular weight excluding hydrogens is 549 g/mol. The summed E-state index contributed by atoms with van der Waals surface area (Å²) in [6.45, 7) is 3.86. The summed E-state index contributed by atoms with van der Waals surface area (Å²) in [6, 6.07) is 5.93. The Labute approximate surface area is 231 Å². The molecule has 6 aliphatic rings. The van der Waals surface area contributed by atoms with E-state index < -0.39 is 32.6 Å². The van der Waals surface area contributed by atoms with Crippen LogP contribution in [-0.2, 0) is 29.1 Å². The van der Waals surface area contributed by atoms with Crippen molar-refractivity contribution < 1.29 is 44.7 Å². The first-order valence-electron chi connectivity index (χ1n) is 14.1. The van der Waals surface area contributed by atoms with E-state index in [2.05, 4.69) is 17.2 Å². The van der Waals surface area contributed by atoms with Gasteiger partial charge in [0.2, 0.25) is 11.6 Å². The van der Waals surface area contributed by atoms with Gasteiger partial charge < -0.3 is 23.1 Å². The van der Waals surface area contributed by atoms with Gasteiger partial charge in [0.15, 0.2) is 0 Å². The van der Waals surface area contributed by atoms with Gasteiger partial charge in [-0.15, -0.1) is 0 Å². The van der Waals surface area contributed by atoms with E-state index in [1.807, 2.05) is 0 Å². The molecule has 7 rings (SSSR count). The lowest BCUT2D eigenvalue weighted by molar-refractivity contribution is -0.472. The molecule has 7 nitrogen and oxygen atoms in total. The van der Waals surface area contributed by atoms with Crippen molar-refractivity contribution >= 4 is 15.7 Å². The van der Waals surface area contributed by atoms with E-state index in [1.165, 1.54) is 29.7 Å². The van der Waals surface area contributed by atoms with Crippen LogP contribution in [0.5, 0.6) is 5.75 Å². The number of alkyl halides is 3. The van der Waals surface area contributed by atoms with Crippen LogP contribution in [0.3, 0.4) is 0 Å². The fraction of sp³-hybridized carbons (Fsp3) is 0.655. The Morgan fingerprint density at radius 3 is 2.33 bits per heavy atom. The number of halogens is 3. The molecular formula is C29H33F3O7S. The van der Waals surface area contributed by atoms with Gasteiger partial charge in [0, 0.05) is 17.8 Å². The van der Waals surface area contributed by atoms with Crippen LogP contribution in [0, 0.1) is 23.2 Å². The monoisotopic (exact) mass is 582 g/mol. The maximum absolute atomic E-state index is 12.9. The van der Waals surface area contributed by atoms with Crippen molar-refractivity contribution in [3.05, 3.63) is 47.1 Å². The Kier molecular flexibility index (Phi) is 6.09. The summed E-state index contributed by atoms with van der Waals surface area (Å²) in [5.41, 5.74) is -1.17. The van der Waals surface area contributed by atoms with Gasteiger partial charge in [-0.05, 0) is 67.2 Å². The zero-order chi connectivity index (χ0) is 28.0. The smallest absolute Gasteiger partial charge is 0.376 e. The Balaban J connectivity index is 1.33. The quantitative estimate of drug-likeness (QED) is 0.256. The predicted octanol–water partition coefficient (Wildman–Crippen LogP) is 5.72. The second-order valence-corrected chi connectivity index (χ2v) is 13.6. The molecule has 0 unspecified atom stereocenters. The zero-order valence-corrected chi connectivity index (χ0v) is 23.1. The van der Waals surface area contributed by atoms with Crippen LogP contribution in [0.1, 0.15) is 57.4 Å². The highest BCUT2D eigenvalue weighted by atomic mass is 32.2. The van der Waals surface area contributed by atoms with Crippen LogP contribution >= 0.6 is 0 Å². The van der Waals surface area contributed by atoms with Crippen molar-refractivity contribution in [2.24, 2.45) is 23.2 Å². The molecule has 4 aliphatic carbocycles. The average molecular weight is 583 g/mol. The van der Waals surface area contributed by atoms with Crippen LogP contribution in [0.4, 0.5) is 13.2 Å². The van der Waals surface area contributed by atoms with Crippen molar-refractivity contribution in [2.75, 3.05) is 26.4 Å². The minimum atomic E-state index is -5.75. The van der Waals surface area contributed by atoms with Gasteiger partial charge in [0.25, 0.3) is 0 Å². The van der Waals surface area contributed by atoms with Crippen molar-refractivity contribution in [1.29, 1.82) is 0 Å². The zero-order valence-electron chi connectivity index (χ0n) is 22.3. The van der Waals surface area contributed by atoms with E-state index in [-0.39, 0.29) is 17.6 Å². The molecule has 2 saturated heterocycles. The molecule has 218 valence electrons. The minimum Gasteiger partial charge on any atom is -0.376 e. The summed E-state index contributed by atoms with van der Waals surface area (Å²) in [7, 11) is -5.75. The first-order chi connectivity index (χ1) is 19.0. The second kappa shape index (κ2) is 9.04. The Hall–Kier alpha value is -1.92. The molecule has 1 aromatic rings. The molecule has 0 amide bonds. The first-order valence-corrected chi connectivity index (χ1v) is 15.5. The molecule has 4 fully saturated rings. The highest BCUT2D eigenvalue weighted by molar-refractivity contribution is 7.88. The second-order valence-electron chi connectivity index (χ2n) is 12.0. The number of hydrogen-bond donors (Lipinski definition) is 0. The van der Waals surface area contributed by atoms with Crippen LogP contribution < -0.4 is 4.18 Å². The number of benzene rings is 1. The highest BCUT2D eigenvalue weighted by Crippen LogP contribution is 2.71. The first kappa shape index (κ1) is 26.9. The summed E-state index contributed by atoms with van der Waals surface area (Å²) in [4.78, 5) is 0. The van der Waals surface area contributed by atoms with Gasteiger partial charge in [0.1, 0.15) is 5.75 Å². The molecule has 0 aromatic heterocycles. The summed E-state index contributed by atoms with van der Waals surface area (Å²) in [5.74, 6) is -1.73. The topological polar surface area (TPSA) is 80.3 Å². The summed E-state index contributed by atoms with van der Waals surface area (Å²) in [5, 5.41) is 0. The van der Waals surface area contributed by atoms with Gasteiger partial charge in [-0.3, -0.25) is 0 Å². The van der Waals surface area contributed by atoms with E-state index in [4.69, 9.17) is 18.9 Å². The van der Waals surface area contributed by atoms with E-state index >= 15 is 0 Å². The lowest BCUT2D eigenvalue weighted by atomic mass is 9.54. The SMILES string of the molecule is C[C@]12CC(c3ccc(OS(=O)(=O)C(F)(F)F)cc3)=C3[C@H]4CCCCC4=CC[C@H]3[C@@H]1CC13OCCOC12OCCO3. The largest absolute Gasteiger partial charge is 0.534 e. The van der Waals surface area contributed by atoms with Crippen LogP contribution in [-0.4, -0.2) is 51.9 Å². The maximum atomic E-state index is 12.9. The standard InChI is InChI=1S/C29H33F3O7S/c1-26-16-23(19-6-9-20(10-7-19)39-40(33,34)29(30,31)32)25-21-5-3-2-4-18(21)8-11-22(25)24(26)17-27-28(26,37-14-12-35-27)38-15-13-36-27/h6-10,21-22,24H,2-5,11-17H2,1H3/t21-,22-,24-,26-,27?,28?/m0/s1. The lowest BCUT2D eigenvalue weighted by Crippen LogP contribution is -2.69. The molecule has 1 aromatic carbocycles. The van der Waals surface area contributed by atoms with Crippen molar-refractivity contribution in [2.45, 2.75) is 69.0 Å². The third-order valence-corrected chi connectivity index (χ3v) is 11.1. The summed E-state index contributed by atoms with van der Waals surface area (Å²) in [6.07, 6.45) is 9.04. The van der Waals surface area contributed by atoms with E-state index in [0.29, 0.717) is 45.2 Å². The van der Waals surface area contributed by atoms with Gasteiger partial charge in [-0.1, -0.05) is 42.7 Å². The minimum absolute atomic E-state index is 0.182. The fourth-order valence-corrected chi connectivity index (χ4v) is 9.08. The molecule has 0 bridgehead atoms. The van der Waals surface area contributed by atoms with Crippen LogP contribution in [0.25, 0.3) is 5.57 Å². The van der Waals surface area contributed by atoms with Gasteiger partial charge >= 0.3 is 15.6 Å². The fourth-order valence-electron chi connectivity index (χ4n) is 8.63. The number of ether oxygens (including phenoxy) is 4. The number of allylic oxidation sites excluding steroid dienone is 4. The summed E-state index contributed by atoms with van der Waals surface area (Å²) < 4.78 is 92.1. The number of fused-ring (bicyclic) bond motifs is 5. The average Bonchev–Trinajstić information content (AvgIpc) is 3.18. The van der Waals surface area contributed by atoms with Crippen LogP contribution in [0.2, 0.25) is 0 Å². The van der Waals surface area contributed by atoms with Gasteiger partial charge in [-0.2, -0.15) is 21.6 Å². The van der Waals surface area contributed by atoms with Crippen LogP contribution in [0.15, 0.2) is 41.5 Å². The predicted molar refractivity (Wildman–Crippen MR) is 137 cm³/mol. The Morgan fingerprint density at radius 1 is 0.975 bits per heavy atom. The third-order valence-electron chi connectivity index (χ3n) is 10.1. The van der Waals surface area contributed by atoms with Crippen molar-refractivity contribution in [1.82, 2.24) is 0 Å². The molecule has 2 aliphatic heterocycles. The van der Waals surface area contributed by atoms with Gasteiger partial charge in [0.05, 0.1) is 26.4 Å². The molecule has 0 N–H and O–H groups in total. The van der Waals surface area contributed by atoms with Crippen molar-refractivity contribution in [3.8, 4) is 5.75 Å².